The van der Waals surface area contributed by atoms with E-state index in [-0.39, 0.29) is 12.0 Å². The van der Waals surface area contributed by atoms with Crippen LogP contribution >= 0.6 is 11.6 Å². The number of pyridine rings is 1. The molecule has 0 saturated heterocycles. The van der Waals surface area contributed by atoms with E-state index in [4.69, 9.17) is 16.0 Å². The first kappa shape index (κ1) is 16.8. The molecule has 5 heteroatoms. The molecule has 5 aromatic rings. The van der Waals surface area contributed by atoms with Crippen LogP contribution in [0.4, 0.5) is 0 Å². The van der Waals surface area contributed by atoms with Crippen LogP contribution in [-0.2, 0) is 6.42 Å². The molecule has 4 nitrogen and oxygen atoms in total. The lowest BCUT2D eigenvalue weighted by molar-refractivity contribution is 0.543. The summed E-state index contributed by atoms with van der Waals surface area (Å²) >= 11 is 6.26. The first-order chi connectivity index (χ1) is 13.7. The Labute approximate surface area is 165 Å². The second-order valence-corrected chi connectivity index (χ2v) is 7.05. The Morgan fingerprint density at radius 2 is 1.75 bits per heavy atom. The number of aromatic amines is 1. The van der Waals surface area contributed by atoms with Gasteiger partial charge in [-0.05, 0) is 35.9 Å². The third kappa shape index (κ3) is 2.88. The minimum absolute atomic E-state index is 0.157. The summed E-state index contributed by atoms with van der Waals surface area (Å²) in [4.78, 5) is 20.5. The Kier molecular flexibility index (Phi) is 3.99. The molecule has 136 valence electrons. The number of nitrogens with zero attached hydrogens (tertiary/aromatic N) is 1. The van der Waals surface area contributed by atoms with Gasteiger partial charge in [0.1, 0.15) is 5.52 Å². The van der Waals surface area contributed by atoms with E-state index in [2.05, 4.69) is 9.97 Å². The van der Waals surface area contributed by atoms with Crippen LogP contribution in [0.2, 0.25) is 5.02 Å². The highest BCUT2D eigenvalue weighted by atomic mass is 35.5. The maximum absolute atomic E-state index is 13.0. The highest BCUT2D eigenvalue weighted by Crippen LogP contribution is 2.32. The van der Waals surface area contributed by atoms with Crippen LogP contribution in [0.3, 0.4) is 0 Å². The van der Waals surface area contributed by atoms with Crippen molar-refractivity contribution in [2.24, 2.45) is 0 Å². The van der Waals surface area contributed by atoms with Crippen molar-refractivity contribution in [1.29, 1.82) is 0 Å². The standard InChI is InChI=1S/C23H15ClN2O2/c24-15-10-11-18-16(12-15)22(14-6-2-1-3-7-14)17(23(27)26-18)13-21-25-19-8-4-5-9-20(19)28-21/h1-12H,13H2,(H,26,27). The Hall–Kier alpha value is -3.37. The number of fused-ring (bicyclic) bond motifs is 2. The first-order valence-electron chi connectivity index (χ1n) is 8.93. The highest BCUT2D eigenvalue weighted by molar-refractivity contribution is 6.31. The molecule has 0 radical (unpaired) electrons. The predicted octanol–water partition coefficient (Wildman–Crippen LogP) is 5.58. The number of aromatic nitrogens is 2. The molecule has 0 spiro atoms. The number of oxazole rings is 1. The van der Waals surface area contributed by atoms with Crippen LogP contribution in [0.1, 0.15) is 11.5 Å². The average molecular weight is 387 g/mol. The number of para-hydroxylation sites is 2. The van der Waals surface area contributed by atoms with Crippen molar-refractivity contribution < 1.29 is 4.42 Å². The van der Waals surface area contributed by atoms with Crippen LogP contribution in [0.5, 0.6) is 0 Å². The molecule has 0 unspecified atom stereocenters. The lowest BCUT2D eigenvalue weighted by Crippen LogP contribution is -2.15. The molecular formula is C23H15ClN2O2. The molecule has 1 N–H and O–H groups in total. The quantitative estimate of drug-likeness (QED) is 0.440. The first-order valence-corrected chi connectivity index (χ1v) is 9.31. The Morgan fingerprint density at radius 1 is 0.964 bits per heavy atom. The maximum Gasteiger partial charge on any atom is 0.252 e. The van der Waals surface area contributed by atoms with Gasteiger partial charge in [0.25, 0.3) is 5.56 Å². The fourth-order valence-electron chi connectivity index (χ4n) is 3.56. The lowest BCUT2D eigenvalue weighted by Gasteiger charge is -2.12. The molecule has 0 saturated carbocycles. The topological polar surface area (TPSA) is 58.9 Å². The van der Waals surface area contributed by atoms with Gasteiger partial charge < -0.3 is 9.40 Å². The second-order valence-electron chi connectivity index (χ2n) is 6.62. The van der Waals surface area contributed by atoms with Gasteiger partial charge in [-0.3, -0.25) is 4.79 Å². The van der Waals surface area contributed by atoms with Crippen molar-refractivity contribution in [1.82, 2.24) is 9.97 Å². The molecular weight excluding hydrogens is 372 g/mol. The van der Waals surface area contributed by atoms with Crippen molar-refractivity contribution >= 4 is 33.6 Å². The average Bonchev–Trinajstić information content (AvgIpc) is 3.12. The molecule has 3 aromatic carbocycles. The summed E-state index contributed by atoms with van der Waals surface area (Å²) in [5, 5.41) is 1.51. The number of hydrogen-bond donors (Lipinski definition) is 1. The van der Waals surface area contributed by atoms with Gasteiger partial charge in [-0.25, -0.2) is 4.98 Å². The lowest BCUT2D eigenvalue weighted by atomic mass is 9.94. The molecule has 0 aliphatic carbocycles. The van der Waals surface area contributed by atoms with Crippen molar-refractivity contribution in [2.45, 2.75) is 6.42 Å². The van der Waals surface area contributed by atoms with E-state index in [1.54, 1.807) is 6.07 Å². The summed E-state index contributed by atoms with van der Waals surface area (Å²) in [6.45, 7) is 0. The van der Waals surface area contributed by atoms with E-state index in [1.165, 1.54) is 0 Å². The van der Waals surface area contributed by atoms with E-state index in [1.807, 2.05) is 66.7 Å². The van der Waals surface area contributed by atoms with E-state index < -0.39 is 0 Å². The van der Waals surface area contributed by atoms with Crippen molar-refractivity contribution in [3.05, 3.63) is 99.6 Å². The fraction of sp³-hybridized carbons (Fsp3) is 0.0435. The Balaban J connectivity index is 1.77. The minimum Gasteiger partial charge on any atom is -0.440 e. The van der Waals surface area contributed by atoms with Crippen LogP contribution in [-0.4, -0.2) is 9.97 Å². The summed E-state index contributed by atoms with van der Waals surface area (Å²) in [7, 11) is 0. The zero-order chi connectivity index (χ0) is 19.1. The van der Waals surface area contributed by atoms with Crippen LogP contribution in [0.25, 0.3) is 33.1 Å². The van der Waals surface area contributed by atoms with Crippen LogP contribution < -0.4 is 5.56 Å². The van der Waals surface area contributed by atoms with E-state index in [0.29, 0.717) is 22.1 Å². The van der Waals surface area contributed by atoms with Gasteiger partial charge in [0.2, 0.25) is 0 Å². The van der Waals surface area contributed by atoms with Gasteiger partial charge in [-0.1, -0.05) is 54.1 Å². The van der Waals surface area contributed by atoms with Gasteiger partial charge in [-0.2, -0.15) is 0 Å². The molecule has 2 aromatic heterocycles. The molecule has 28 heavy (non-hydrogen) atoms. The van der Waals surface area contributed by atoms with Crippen molar-refractivity contribution in [3.8, 4) is 11.1 Å². The molecule has 0 atom stereocenters. The van der Waals surface area contributed by atoms with Crippen LogP contribution in [0.15, 0.2) is 82.0 Å². The summed E-state index contributed by atoms with van der Waals surface area (Å²) in [6.07, 6.45) is 0.288. The number of H-pyrrole nitrogens is 1. The third-order valence-corrected chi connectivity index (χ3v) is 5.04. The predicted molar refractivity (Wildman–Crippen MR) is 112 cm³/mol. The number of halogens is 1. The monoisotopic (exact) mass is 386 g/mol. The summed E-state index contributed by atoms with van der Waals surface area (Å²) < 4.78 is 5.86. The Bertz CT molecular complexity index is 1340. The summed E-state index contributed by atoms with van der Waals surface area (Å²) in [6, 6.07) is 22.9. The number of rotatable bonds is 3. The SMILES string of the molecule is O=c1[nH]c2ccc(Cl)cc2c(-c2ccccc2)c1Cc1nc2ccccc2o1. The normalized spacial score (nSPS) is 11.3. The van der Waals surface area contributed by atoms with Gasteiger partial charge in [0.05, 0.1) is 6.42 Å². The molecule has 0 aliphatic rings. The van der Waals surface area contributed by atoms with Crippen molar-refractivity contribution in [3.63, 3.8) is 0 Å². The molecule has 0 amide bonds. The molecule has 0 bridgehead atoms. The molecule has 2 heterocycles. The van der Waals surface area contributed by atoms with Gasteiger partial charge in [0, 0.05) is 27.1 Å². The zero-order valence-corrected chi connectivity index (χ0v) is 15.5. The Morgan fingerprint density at radius 3 is 2.57 bits per heavy atom. The second kappa shape index (κ2) is 6.66. The summed E-state index contributed by atoms with van der Waals surface area (Å²) in [5.41, 5.74) is 4.48. The molecule has 0 aliphatic heterocycles. The molecule has 0 fully saturated rings. The summed E-state index contributed by atoms with van der Waals surface area (Å²) in [5.74, 6) is 0.505. The smallest absolute Gasteiger partial charge is 0.252 e. The van der Waals surface area contributed by atoms with E-state index >= 15 is 0 Å². The van der Waals surface area contributed by atoms with Gasteiger partial charge in [0.15, 0.2) is 11.5 Å². The van der Waals surface area contributed by atoms with Crippen LogP contribution in [0, 0.1) is 0 Å². The zero-order valence-electron chi connectivity index (χ0n) is 14.8. The molecule has 5 rings (SSSR count). The minimum atomic E-state index is -0.157. The third-order valence-electron chi connectivity index (χ3n) is 4.80. The number of nitrogens with one attached hydrogen (secondary N) is 1. The van der Waals surface area contributed by atoms with Crippen molar-refractivity contribution in [2.75, 3.05) is 0 Å². The number of hydrogen-bond acceptors (Lipinski definition) is 3. The van der Waals surface area contributed by atoms with Gasteiger partial charge >= 0.3 is 0 Å². The van der Waals surface area contributed by atoms with Gasteiger partial charge in [-0.15, -0.1) is 0 Å². The van der Waals surface area contributed by atoms with E-state index in [0.717, 1.165) is 27.5 Å². The fourth-order valence-corrected chi connectivity index (χ4v) is 3.73. The number of benzene rings is 3. The largest absolute Gasteiger partial charge is 0.440 e. The highest BCUT2D eigenvalue weighted by Gasteiger charge is 2.18. The maximum atomic E-state index is 13.0. The van der Waals surface area contributed by atoms with E-state index in [9.17, 15) is 4.79 Å².